The van der Waals surface area contributed by atoms with Gasteiger partial charge in [0, 0.05) is 12.3 Å². The van der Waals surface area contributed by atoms with Gasteiger partial charge in [0.1, 0.15) is 0 Å². The first-order chi connectivity index (χ1) is 5.96. The predicted molar refractivity (Wildman–Crippen MR) is 54.5 cm³/mol. The molecule has 0 aromatic rings. The van der Waals surface area contributed by atoms with Crippen LogP contribution in [0.1, 0.15) is 26.7 Å². The molecular formula is C9H19NO2S. The first-order valence-corrected chi connectivity index (χ1v) is 6.84. The van der Waals surface area contributed by atoms with E-state index in [1.54, 1.807) is 0 Å². The average molecular weight is 205 g/mol. The van der Waals surface area contributed by atoms with Crippen molar-refractivity contribution in [3.63, 3.8) is 0 Å². The lowest BCUT2D eigenvalue weighted by molar-refractivity contribution is 0.434. The Balaban J connectivity index is 2.65. The highest BCUT2D eigenvalue weighted by Gasteiger charge is 2.37. The standard InChI is InChI=1S/C9H19NO2S/c1-4-10-8-5-6-9(7(8)2)13(3,11)12/h7-10H,4-6H2,1-3H3. The molecule has 3 atom stereocenters. The molecule has 0 spiro atoms. The van der Waals surface area contributed by atoms with Gasteiger partial charge in [0.15, 0.2) is 9.84 Å². The van der Waals surface area contributed by atoms with Crippen molar-refractivity contribution in [1.29, 1.82) is 0 Å². The first kappa shape index (κ1) is 11.0. The van der Waals surface area contributed by atoms with Gasteiger partial charge in [0.25, 0.3) is 0 Å². The minimum absolute atomic E-state index is 0.128. The molecule has 78 valence electrons. The zero-order valence-electron chi connectivity index (χ0n) is 8.58. The van der Waals surface area contributed by atoms with Crippen LogP contribution in [0, 0.1) is 5.92 Å². The fourth-order valence-electron chi connectivity index (χ4n) is 2.28. The predicted octanol–water partition coefficient (Wildman–Crippen LogP) is 0.808. The number of hydrogen-bond donors (Lipinski definition) is 1. The quantitative estimate of drug-likeness (QED) is 0.741. The summed E-state index contributed by atoms with van der Waals surface area (Å²) >= 11 is 0. The molecule has 0 aromatic carbocycles. The Morgan fingerprint density at radius 1 is 1.38 bits per heavy atom. The van der Waals surface area contributed by atoms with E-state index in [-0.39, 0.29) is 11.2 Å². The molecule has 1 aliphatic carbocycles. The molecule has 3 unspecified atom stereocenters. The summed E-state index contributed by atoms with van der Waals surface area (Å²) < 4.78 is 22.7. The van der Waals surface area contributed by atoms with Crippen LogP contribution in [-0.2, 0) is 9.84 Å². The number of hydrogen-bond acceptors (Lipinski definition) is 3. The minimum Gasteiger partial charge on any atom is -0.314 e. The van der Waals surface area contributed by atoms with Crippen LogP contribution in [0.4, 0.5) is 0 Å². The van der Waals surface area contributed by atoms with Crippen LogP contribution >= 0.6 is 0 Å². The Kier molecular flexibility index (Phi) is 3.35. The van der Waals surface area contributed by atoms with E-state index in [1.807, 2.05) is 6.92 Å². The summed E-state index contributed by atoms with van der Waals surface area (Å²) in [6, 6.07) is 0.393. The lowest BCUT2D eigenvalue weighted by Crippen LogP contribution is -2.35. The van der Waals surface area contributed by atoms with Crippen LogP contribution < -0.4 is 5.32 Å². The van der Waals surface area contributed by atoms with E-state index in [2.05, 4.69) is 12.2 Å². The third-order valence-electron chi connectivity index (χ3n) is 3.00. The van der Waals surface area contributed by atoms with Gasteiger partial charge in [0.05, 0.1) is 5.25 Å². The van der Waals surface area contributed by atoms with E-state index in [0.717, 1.165) is 19.4 Å². The van der Waals surface area contributed by atoms with Crippen LogP contribution in [0.5, 0.6) is 0 Å². The largest absolute Gasteiger partial charge is 0.314 e. The van der Waals surface area contributed by atoms with E-state index < -0.39 is 9.84 Å². The average Bonchev–Trinajstić information content (AvgIpc) is 2.32. The van der Waals surface area contributed by atoms with Crippen molar-refractivity contribution in [2.45, 2.75) is 38.0 Å². The molecule has 0 bridgehead atoms. The molecule has 0 heterocycles. The molecule has 1 aliphatic rings. The lowest BCUT2D eigenvalue weighted by atomic mass is 10.1. The summed E-state index contributed by atoms with van der Waals surface area (Å²) in [6.45, 7) is 5.01. The van der Waals surface area contributed by atoms with Gasteiger partial charge in [-0.15, -0.1) is 0 Å². The second kappa shape index (κ2) is 3.96. The molecule has 0 aromatic heterocycles. The third kappa shape index (κ3) is 2.44. The van der Waals surface area contributed by atoms with Crippen molar-refractivity contribution in [1.82, 2.24) is 5.32 Å². The Morgan fingerprint density at radius 3 is 2.38 bits per heavy atom. The topological polar surface area (TPSA) is 46.2 Å². The van der Waals surface area contributed by atoms with Crippen LogP contribution in [-0.4, -0.2) is 32.5 Å². The highest BCUT2D eigenvalue weighted by Crippen LogP contribution is 2.30. The molecule has 0 radical (unpaired) electrons. The van der Waals surface area contributed by atoms with Gasteiger partial charge in [-0.3, -0.25) is 0 Å². The summed E-state index contributed by atoms with van der Waals surface area (Å²) in [4.78, 5) is 0. The molecule has 1 rings (SSSR count). The van der Waals surface area contributed by atoms with Crippen molar-refractivity contribution in [2.75, 3.05) is 12.8 Å². The smallest absolute Gasteiger partial charge is 0.150 e. The summed E-state index contributed by atoms with van der Waals surface area (Å²) in [5.74, 6) is 0.259. The van der Waals surface area contributed by atoms with Crippen molar-refractivity contribution in [2.24, 2.45) is 5.92 Å². The van der Waals surface area contributed by atoms with Crippen LogP contribution in [0.25, 0.3) is 0 Å². The fraction of sp³-hybridized carbons (Fsp3) is 1.00. The molecule has 3 nitrogen and oxygen atoms in total. The lowest BCUT2D eigenvalue weighted by Gasteiger charge is -2.19. The summed E-state index contributed by atoms with van der Waals surface area (Å²) in [7, 11) is -2.84. The van der Waals surface area contributed by atoms with Gasteiger partial charge in [0.2, 0.25) is 0 Å². The van der Waals surface area contributed by atoms with Gasteiger partial charge in [-0.05, 0) is 25.3 Å². The maximum absolute atomic E-state index is 11.4. The van der Waals surface area contributed by atoms with E-state index in [0.29, 0.717) is 6.04 Å². The molecule has 1 fully saturated rings. The third-order valence-corrected chi connectivity index (χ3v) is 4.76. The molecule has 0 saturated heterocycles. The van der Waals surface area contributed by atoms with Crippen molar-refractivity contribution < 1.29 is 8.42 Å². The normalized spacial score (nSPS) is 35.2. The monoisotopic (exact) mass is 205 g/mol. The number of rotatable bonds is 3. The molecule has 0 aliphatic heterocycles. The highest BCUT2D eigenvalue weighted by atomic mass is 32.2. The maximum atomic E-state index is 11.4. The Morgan fingerprint density at radius 2 is 2.00 bits per heavy atom. The van der Waals surface area contributed by atoms with Gasteiger partial charge < -0.3 is 5.32 Å². The van der Waals surface area contributed by atoms with Crippen molar-refractivity contribution in [3.05, 3.63) is 0 Å². The maximum Gasteiger partial charge on any atom is 0.150 e. The van der Waals surface area contributed by atoms with Crippen LogP contribution in [0.15, 0.2) is 0 Å². The molecule has 4 heteroatoms. The van der Waals surface area contributed by atoms with E-state index in [1.165, 1.54) is 6.26 Å². The molecular weight excluding hydrogens is 186 g/mol. The summed E-state index contributed by atoms with van der Waals surface area (Å²) in [5, 5.41) is 3.20. The summed E-state index contributed by atoms with van der Waals surface area (Å²) in [6.07, 6.45) is 3.16. The van der Waals surface area contributed by atoms with Gasteiger partial charge in [-0.1, -0.05) is 13.8 Å². The Hall–Kier alpha value is -0.0900. The van der Waals surface area contributed by atoms with Gasteiger partial charge in [-0.2, -0.15) is 0 Å². The van der Waals surface area contributed by atoms with Gasteiger partial charge >= 0.3 is 0 Å². The van der Waals surface area contributed by atoms with E-state index >= 15 is 0 Å². The highest BCUT2D eigenvalue weighted by molar-refractivity contribution is 7.91. The minimum atomic E-state index is -2.84. The van der Waals surface area contributed by atoms with E-state index in [4.69, 9.17) is 0 Å². The molecule has 0 amide bonds. The Bertz CT molecular complexity index is 261. The SMILES string of the molecule is CCNC1CCC(S(C)(=O)=O)C1C. The van der Waals surface area contributed by atoms with Crippen molar-refractivity contribution >= 4 is 9.84 Å². The summed E-state index contributed by atoms with van der Waals surface area (Å²) in [5.41, 5.74) is 0. The first-order valence-electron chi connectivity index (χ1n) is 4.89. The van der Waals surface area contributed by atoms with Crippen LogP contribution in [0.3, 0.4) is 0 Å². The van der Waals surface area contributed by atoms with Crippen LogP contribution in [0.2, 0.25) is 0 Å². The zero-order chi connectivity index (χ0) is 10.1. The van der Waals surface area contributed by atoms with Gasteiger partial charge in [-0.25, -0.2) is 8.42 Å². The zero-order valence-corrected chi connectivity index (χ0v) is 9.39. The second-order valence-electron chi connectivity index (χ2n) is 3.97. The number of sulfone groups is 1. The molecule has 1 N–H and O–H groups in total. The Labute approximate surface area is 80.8 Å². The second-order valence-corrected chi connectivity index (χ2v) is 6.23. The fourth-order valence-corrected chi connectivity index (χ4v) is 3.82. The van der Waals surface area contributed by atoms with E-state index in [9.17, 15) is 8.42 Å². The molecule has 13 heavy (non-hydrogen) atoms. The molecule has 1 saturated carbocycles. The van der Waals surface area contributed by atoms with Crippen molar-refractivity contribution in [3.8, 4) is 0 Å². The number of nitrogens with one attached hydrogen (secondary N) is 1.